The minimum atomic E-state index is -0.409. The summed E-state index contributed by atoms with van der Waals surface area (Å²) in [6, 6.07) is 14.4. The number of rotatable bonds is 5. The van der Waals surface area contributed by atoms with Crippen molar-refractivity contribution < 1.29 is 9.13 Å². The molecule has 1 saturated heterocycles. The predicted octanol–water partition coefficient (Wildman–Crippen LogP) is 2.56. The smallest absolute Gasteiger partial charge is 0.248 e. The van der Waals surface area contributed by atoms with E-state index in [1.165, 1.54) is 16.3 Å². The number of hydrogen-bond donors (Lipinski definition) is 2. The highest BCUT2D eigenvalue weighted by molar-refractivity contribution is 5.56. The molecule has 4 rings (SSSR count). The van der Waals surface area contributed by atoms with Crippen LogP contribution in [0.1, 0.15) is 5.56 Å². The van der Waals surface area contributed by atoms with E-state index in [1.54, 1.807) is 18.2 Å². The number of para-hydroxylation sites is 1. The highest BCUT2D eigenvalue weighted by Gasteiger charge is 2.13. The average molecular weight is 368 g/mol. The van der Waals surface area contributed by atoms with Crippen LogP contribution in [0.15, 0.2) is 48.5 Å². The molecular weight excluding hydrogens is 347 g/mol. The number of anilines is 3. The number of nitrogens with two attached hydrogens (primary N) is 1. The fourth-order valence-electron chi connectivity index (χ4n) is 3.07. The Morgan fingerprint density at radius 2 is 1.93 bits per heavy atom. The minimum Gasteiger partial charge on any atom is -0.379 e. The maximum Gasteiger partial charge on any atom is 0.248 e. The summed E-state index contributed by atoms with van der Waals surface area (Å²) in [4.78, 5) is 6.55. The van der Waals surface area contributed by atoms with Crippen LogP contribution in [0.3, 0.4) is 0 Å². The molecule has 7 nitrogen and oxygen atoms in total. The van der Waals surface area contributed by atoms with Gasteiger partial charge >= 0.3 is 0 Å². The van der Waals surface area contributed by atoms with Gasteiger partial charge in [0.15, 0.2) is 0 Å². The highest BCUT2D eigenvalue weighted by Crippen LogP contribution is 2.20. The molecule has 140 valence electrons. The van der Waals surface area contributed by atoms with Crippen LogP contribution in [0.25, 0.3) is 5.69 Å². The molecule has 0 spiro atoms. The Balaban J connectivity index is 1.50. The lowest BCUT2D eigenvalue weighted by molar-refractivity contribution is 0.0342. The van der Waals surface area contributed by atoms with Gasteiger partial charge in [0, 0.05) is 25.3 Å². The van der Waals surface area contributed by atoms with Crippen LogP contribution in [-0.2, 0) is 11.3 Å². The maximum absolute atomic E-state index is 14.0. The third kappa shape index (κ3) is 4.07. The van der Waals surface area contributed by atoms with Crippen molar-refractivity contribution in [1.29, 1.82) is 0 Å². The summed E-state index contributed by atoms with van der Waals surface area (Å²) in [5, 5.41) is 7.43. The number of aromatic nitrogens is 3. The second-order valence-electron chi connectivity index (χ2n) is 6.37. The zero-order valence-corrected chi connectivity index (χ0v) is 14.8. The molecule has 2 aromatic carbocycles. The number of nitrogen functional groups attached to an aromatic ring is 1. The fraction of sp³-hybridized carbons (Fsp3) is 0.263. The van der Waals surface area contributed by atoms with Crippen LogP contribution >= 0.6 is 0 Å². The summed E-state index contributed by atoms with van der Waals surface area (Å²) in [6.07, 6.45) is 0. The first-order valence-electron chi connectivity index (χ1n) is 8.82. The molecule has 0 amide bonds. The molecule has 2 heterocycles. The van der Waals surface area contributed by atoms with E-state index in [0.717, 1.165) is 38.5 Å². The van der Waals surface area contributed by atoms with Crippen molar-refractivity contribution in [3.05, 3.63) is 59.9 Å². The zero-order valence-electron chi connectivity index (χ0n) is 14.8. The number of benzene rings is 2. The van der Waals surface area contributed by atoms with Crippen molar-refractivity contribution in [3.8, 4) is 5.69 Å². The molecule has 0 aliphatic carbocycles. The Morgan fingerprint density at radius 3 is 2.74 bits per heavy atom. The van der Waals surface area contributed by atoms with Crippen molar-refractivity contribution in [3.63, 3.8) is 0 Å². The van der Waals surface area contributed by atoms with Crippen molar-refractivity contribution >= 4 is 17.6 Å². The first kappa shape index (κ1) is 17.4. The van der Waals surface area contributed by atoms with Crippen molar-refractivity contribution in [1.82, 2.24) is 19.7 Å². The summed E-state index contributed by atoms with van der Waals surface area (Å²) >= 11 is 0. The van der Waals surface area contributed by atoms with E-state index in [1.807, 2.05) is 12.1 Å². The number of nitrogens with one attached hydrogen (secondary N) is 1. The Hall–Kier alpha value is -2.97. The van der Waals surface area contributed by atoms with Crippen LogP contribution in [0.5, 0.6) is 0 Å². The molecule has 3 N–H and O–H groups in total. The van der Waals surface area contributed by atoms with Gasteiger partial charge in [0.2, 0.25) is 11.9 Å². The zero-order chi connectivity index (χ0) is 18.6. The second-order valence-corrected chi connectivity index (χ2v) is 6.37. The van der Waals surface area contributed by atoms with Crippen LogP contribution in [-0.4, -0.2) is 46.0 Å². The normalized spacial score (nSPS) is 15.0. The van der Waals surface area contributed by atoms with E-state index in [0.29, 0.717) is 5.95 Å². The van der Waals surface area contributed by atoms with E-state index in [4.69, 9.17) is 10.5 Å². The van der Waals surface area contributed by atoms with E-state index in [9.17, 15) is 4.39 Å². The third-order valence-electron chi connectivity index (χ3n) is 4.41. The summed E-state index contributed by atoms with van der Waals surface area (Å²) in [5.41, 5.74) is 8.21. The second kappa shape index (κ2) is 7.73. The average Bonchev–Trinajstić information content (AvgIpc) is 3.03. The van der Waals surface area contributed by atoms with E-state index in [2.05, 4.69) is 32.4 Å². The van der Waals surface area contributed by atoms with Gasteiger partial charge in [-0.15, -0.1) is 5.10 Å². The molecule has 1 aliphatic heterocycles. The maximum atomic E-state index is 14.0. The molecule has 0 atom stereocenters. The molecule has 0 unspecified atom stereocenters. The molecule has 1 aliphatic rings. The van der Waals surface area contributed by atoms with Crippen LogP contribution in [0, 0.1) is 5.82 Å². The van der Waals surface area contributed by atoms with Crippen LogP contribution in [0.2, 0.25) is 0 Å². The molecular formula is C19H21FN6O. The Morgan fingerprint density at radius 1 is 1.11 bits per heavy atom. The van der Waals surface area contributed by atoms with Gasteiger partial charge in [-0.05, 0) is 29.8 Å². The van der Waals surface area contributed by atoms with Gasteiger partial charge in [0.05, 0.1) is 13.2 Å². The fourth-order valence-corrected chi connectivity index (χ4v) is 3.07. The van der Waals surface area contributed by atoms with Gasteiger partial charge in [-0.25, -0.2) is 4.39 Å². The first-order valence-corrected chi connectivity index (χ1v) is 8.82. The van der Waals surface area contributed by atoms with Gasteiger partial charge in [0.25, 0.3) is 0 Å². The molecule has 1 aromatic heterocycles. The SMILES string of the molecule is Nc1nc(Nc2cccc(CN3CCOCC3)c2)nn1-c1ccccc1F. The lowest BCUT2D eigenvalue weighted by Crippen LogP contribution is -2.35. The number of nitrogens with zero attached hydrogens (tertiary/aromatic N) is 4. The molecule has 3 aromatic rings. The molecule has 1 fully saturated rings. The number of halogens is 1. The Bertz CT molecular complexity index is 922. The summed E-state index contributed by atoms with van der Waals surface area (Å²) < 4.78 is 20.7. The predicted molar refractivity (Wildman–Crippen MR) is 102 cm³/mol. The van der Waals surface area contributed by atoms with Crippen LogP contribution < -0.4 is 11.1 Å². The quantitative estimate of drug-likeness (QED) is 0.720. The van der Waals surface area contributed by atoms with Crippen molar-refractivity contribution in [2.24, 2.45) is 0 Å². The third-order valence-corrected chi connectivity index (χ3v) is 4.41. The van der Waals surface area contributed by atoms with E-state index < -0.39 is 5.82 Å². The number of morpholine rings is 1. The van der Waals surface area contributed by atoms with E-state index in [-0.39, 0.29) is 11.6 Å². The summed E-state index contributed by atoms with van der Waals surface area (Å²) in [5.74, 6) is 0.0273. The first-order chi connectivity index (χ1) is 13.2. The minimum absolute atomic E-state index is 0.118. The summed E-state index contributed by atoms with van der Waals surface area (Å²) in [6.45, 7) is 4.27. The molecule has 27 heavy (non-hydrogen) atoms. The van der Waals surface area contributed by atoms with Gasteiger partial charge in [-0.2, -0.15) is 9.67 Å². The Kier molecular flexibility index (Phi) is 4.99. The standard InChI is InChI=1S/C19H21FN6O/c20-16-6-1-2-7-17(16)26-18(21)23-19(24-26)22-15-5-3-4-14(12-15)13-25-8-10-27-11-9-25/h1-7,12H,8-11,13H2,(H3,21,22,23,24). The summed E-state index contributed by atoms with van der Waals surface area (Å²) in [7, 11) is 0. The van der Waals surface area contributed by atoms with Crippen molar-refractivity contribution in [2.45, 2.75) is 6.54 Å². The molecule has 0 radical (unpaired) electrons. The van der Waals surface area contributed by atoms with Gasteiger partial charge in [0.1, 0.15) is 11.5 Å². The van der Waals surface area contributed by atoms with Gasteiger partial charge in [-0.3, -0.25) is 4.90 Å². The number of ether oxygens (including phenoxy) is 1. The van der Waals surface area contributed by atoms with Gasteiger partial charge < -0.3 is 15.8 Å². The highest BCUT2D eigenvalue weighted by atomic mass is 19.1. The largest absolute Gasteiger partial charge is 0.379 e. The van der Waals surface area contributed by atoms with Crippen LogP contribution in [0.4, 0.5) is 22.0 Å². The molecule has 0 saturated carbocycles. The monoisotopic (exact) mass is 368 g/mol. The lowest BCUT2D eigenvalue weighted by Gasteiger charge is -2.26. The molecule has 0 bridgehead atoms. The topological polar surface area (TPSA) is 81.2 Å². The number of hydrogen-bond acceptors (Lipinski definition) is 6. The lowest BCUT2D eigenvalue weighted by atomic mass is 10.2. The van der Waals surface area contributed by atoms with Gasteiger partial charge in [-0.1, -0.05) is 24.3 Å². The van der Waals surface area contributed by atoms with Crippen molar-refractivity contribution in [2.75, 3.05) is 37.4 Å². The Labute approximate surface area is 156 Å². The van der Waals surface area contributed by atoms with E-state index >= 15 is 0 Å². The molecule has 8 heteroatoms.